The zero-order chi connectivity index (χ0) is 24.0. The van der Waals surface area contributed by atoms with Crippen LogP contribution in [0.2, 0.25) is 0 Å². The minimum atomic E-state index is -4.31. The van der Waals surface area contributed by atoms with Crippen molar-refractivity contribution in [1.82, 2.24) is 0 Å². The molecule has 0 heterocycles. The summed E-state index contributed by atoms with van der Waals surface area (Å²) in [4.78, 5) is 0. The lowest BCUT2D eigenvalue weighted by Gasteiger charge is -2.38. The van der Waals surface area contributed by atoms with E-state index in [1.807, 2.05) is 12.1 Å². The van der Waals surface area contributed by atoms with E-state index in [1.54, 1.807) is 0 Å². The Morgan fingerprint density at radius 2 is 1.24 bits per heavy atom. The van der Waals surface area contributed by atoms with Crippen molar-refractivity contribution >= 4 is 0 Å². The van der Waals surface area contributed by atoms with Crippen LogP contribution in [0.1, 0.15) is 92.4 Å². The topological polar surface area (TPSA) is 0 Å². The number of allylic oxidation sites excluding steroid dienone is 1. The standard InChI is InChI=1S/C31H35F3/c1-2-3-4-23-7-13-26(14-8-23)28-17-19-29(20-18-28)27-15-9-24(10-16-27)5-6-25-11-21-30(22-12-25)31(32,33)34/h2,9-12,15-16,21-23,26,28-29H,1,3-4,7-8,13-14,17-20H2/t23-,26-,28-,29-. The van der Waals surface area contributed by atoms with E-state index in [0.717, 1.165) is 35.4 Å². The van der Waals surface area contributed by atoms with Crippen molar-refractivity contribution in [1.29, 1.82) is 0 Å². The highest BCUT2D eigenvalue weighted by atomic mass is 19.4. The van der Waals surface area contributed by atoms with Crippen LogP contribution in [0.4, 0.5) is 13.2 Å². The summed E-state index contributed by atoms with van der Waals surface area (Å²) in [6.45, 7) is 3.86. The Bertz CT molecular complexity index is 972. The number of hydrogen-bond acceptors (Lipinski definition) is 0. The van der Waals surface area contributed by atoms with E-state index < -0.39 is 11.7 Å². The first-order chi connectivity index (χ1) is 16.4. The van der Waals surface area contributed by atoms with Crippen LogP contribution in [-0.2, 0) is 6.18 Å². The molecule has 0 bridgehead atoms. The highest BCUT2D eigenvalue weighted by molar-refractivity contribution is 5.44. The van der Waals surface area contributed by atoms with Gasteiger partial charge in [0.25, 0.3) is 0 Å². The van der Waals surface area contributed by atoms with Crippen LogP contribution in [0.15, 0.2) is 61.2 Å². The fraction of sp³-hybridized carbons (Fsp3) is 0.484. The Labute approximate surface area is 202 Å². The first kappa shape index (κ1) is 24.6. The van der Waals surface area contributed by atoms with E-state index in [0.29, 0.717) is 11.5 Å². The second-order valence-corrected chi connectivity index (χ2v) is 10.2. The minimum absolute atomic E-state index is 0.588. The van der Waals surface area contributed by atoms with Crippen molar-refractivity contribution in [3.05, 3.63) is 83.4 Å². The second kappa shape index (κ2) is 11.3. The molecule has 2 saturated carbocycles. The number of halogens is 3. The molecule has 0 aromatic heterocycles. The molecule has 3 heteroatoms. The van der Waals surface area contributed by atoms with Crippen LogP contribution in [-0.4, -0.2) is 0 Å². The Balaban J connectivity index is 1.26. The quantitative estimate of drug-likeness (QED) is 0.306. The molecule has 0 saturated heterocycles. The molecule has 0 amide bonds. The van der Waals surface area contributed by atoms with Crippen LogP contribution in [0.3, 0.4) is 0 Å². The smallest absolute Gasteiger partial charge is 0.166 e. The first-order valence-electron chi connectivity index (χ1n) is 12.8. The van der Waals surface area contributed by atoms with E-state index in [9.17, 15) is 13.2 Å². The van der Waals surface area contributed by atoms with E-state index in [2.05, 4.69) is 36.6 Å². The molecule has 2 aliphatic carbocycles. The third kappa shape index (κ3) is 6.56. The largest absolute Gasteiger partial charge is 0.416 e. The molecular formula is C31H35F3. The Morgan fingerprint density at radius 1 is 0.735 bits per heavy atom. The molecule has 0 spiro atoms. The maximum atomic E-state index is 12.7. The van der Waals surface area contributed by atoms with E-state index in [4.69, 9.17) is 0 Å². The molecule has 4 rings (SSSR count). The Kier molecular flexibility index (Phi) is 8.19. The zero-order valence-corrected chi connectivity index (χ0v) is 19.9. The van der Waals surface area contributed by atoms with Gasteiger partial charge in [-0.3, -0.25) is 0 Å². The van der Waals surface area contributed by atoms with E-state index in [1.165, 1.54) is 81.9 Å². The molecule has 2 aliphatic rings. The zero-order valence-electron chi connectivity index (χ0n) is 19.9. The van der Waals surface area contributed by atoms with Gasteiger partial charge in [-0.2, -0.15) is 13.2 Å². The highest BCUT2D eigenvalue weighted by Crippen LogP contribution is 2.44. The summed E-state index contributed by atoms with van der Waals surface area (Å²) in [5.41, 5.74) is 2.23. The molecule has 2 aromatic rings. The maximum absolute atomic E-state index is 12.7. The Morgan fingerprint density at radius 3 is 1.74 bits per heavy atom. The average Bonchev–Trinajstić information content (AvgIpc) is 2.87. The van der Waals surface area contributed by atoms with Gasteiger partial charge in [0.1, 0.15) is 0 Å². The number of hydrogen-bond donors (Lipinski definition) is 0. The normalized spacial score (nSPS) is 25.3. The van der Waals surface area contributed by atoms with Gasteiger partial charge in [0.15, 0.2) is 0 Å². The molecule has 0 aliphatic heterocycles. The van der Waals surface area contributed by atoms with Crippen LogP contribution in [0.5, 0.6) is 0 Å². The van der Waals surface area contributed by atoms with Crippen LogP contribution < -0.4 is 0 Å². The third-order valence-electron chi connectivity index (χ3n) is 8.05. The fourth-order valence-corrected chi connectivity index (χ4v) is 5.95. The summed E-state index contributed by atoms with van der Waals surface area (Å²) < 4.78 is 38.1. The summed E-state index contributed by atoms with van der Waals surface area (Å²) in [6.07, 6.45) is 11.2. The first-order valence-corrected chi connectivity index (χ1v) is 12.8. The fourth-order valence-electron chi connectivity index (χ4n) is 5.95. The molecule has 0 radical (unpaired) electrons. The second-order valence-electron chi connectivity index (χ2n) is 10.2. The van der Waals surface area contributed by atoms with Gasteiger partial charge in [-0.25, -0.2) is 0 Å². The highest BCUT2D eigenvalue weighted by Gasteiger charge is 2.31. The average molecular weight is 465 g/mol. The van der Waals surface area contributed by atoms with Crippen molar-refractivity contribution in [3.63, 3.8) is 0 Å². The Hall–Kier alpha value is -2.47. The van der Waals surface area contributed by atoms with Gasteiger partial charge in [0, 0.05) is 11.1 Å². The molecule has 0 N–H and O–H groups in total. The molecule has 180 valence electrons. The lowest BCUT2D eigenvalue weighted by molar-refractivity contribution is -0.137. The van der Waals surface area contributed by atoms with Crippen molar-refractivity contribution in [2.75, 3.05) is 0 Å². The van der Waals surface area contributed by atoms with Crippen molar-refractivity contribution in [2.45, 2.75) is 76.3 Å². The van der Waals surface area contributed by atoms with Gasteiger partial charge in [-0.1, -0.05) is 42.9 Å². The SMILES string of the molecule is C=CCC[C@H]1CC[C@H]([C@H]2CC[C@H](c3ccc(C#Cc4ccc(C(F)(F)F)cc4)cc3)CC2)CC1. The lowest BCUT2D eigenvalue weighted by atomic mass is 9.68. The lowest BCUT2D eigenvalue weighted by Crippen LogP contribution is -2.25. The van der Waals surface area contributed by atoms with Crippen molar-refractivity contribution in [2.24, 2.45) is 17.8 Å². The van der Waals surface area contributed by atoms with Crippen LogP contribution in [0.25, 0.3) is 0 Å². The molecule has 2 fully saturated rings. The van der Waals surface area contributed by atoms with Gasteiger partial charge in [0.05, 0.1) is 5.56 Å². The summed E-state index contributed by atoms with van der Waals surface area (Å²) in [5, 5.41) is 0. The van der Waals surface area contributed by atoms with E-state index >= 15 is 0 Å². The van der Waals surface area contributed by atoms with Crippen molar-refractivity contribution < 1.29 is 13.2 Å². The predicted octanol–water partition coefficient (Wildman–Crippen LogP) is 9.15. The van der Waals surface area contributed by atoms with Gasteiger partial charge < -0.3 is 0 Å². The third-order valence-corrected chi connectivity index (χ3v) is 8.05. The predicted molar refractivity (Wildman–Crippen MR) is 133 cm³/mol. The van der Waals surface area contributed by atoms with Crippen LogP contribution >= 0.6 is 0 Å². The summed E-state index contributed by atoms with van der Waals surface area (Å²) >= 11 is 0. The molecule has 2 aromatic carbocycles. The van der Waals surface area contributed by atoms with Gasteiger partial charge in [0.2, 0.25) is 0 Å². The number of rotatable bonds is 5. The molecule has 0 unspecified atom stereocenters. The maximum Gasteiger partial charge on any atom is 0.416 e. The summed E-state index contributed by atoms with van der Waals surface area (Å²) in [7, 11) is 0. The van der Waals surface area contributed by atoms with Gasteiger partial charge >= 0.3 is 6.18 Å². The monoisotopic (exact) mass is 464 g/mol. The summed E-state index contributed by atoms with van der Waals surface area (Å²) in [6, 6.07) is 13.5. The van der Waals surface area contributed by atoms with Crippen LogP contribution in [0, 0.1) is 29.6 Å². The molecule has 0 atom stereocenters. The van der Waals surface area contributed by atoms with Gasteiger partial charge in [-0.05, 0) is 117 Å². The van der Waals surface area contributed by atoms with Gasteiger partial charge in [-0.15, -0.1) is 6.58 Å². The number of benzene rings is 2. The minimum Gasteiger partial charge on any atom is -0.166 e. The van der Waals surface area contributed by atoms with Crippen molar-refractivity contribution in [3.8, 4) is 11.8 Å². The molecular weight excluding hydrogens is 429 g/mol. The van der Waals surface area contributed by atoms with E-state index in [-0.39, 0.29) is 0 Å². The molecule has 34 heavy (non-hydrogen) atoms. The molecule has 0 nitrogen and oxygen atoms in total. The number of alkyl halides is 3. The summed E-state index contributed by atoms with van der Waals surface area (Å²) in [5.74, 6) is 9.45.